The maximum absolute atomic E-state index is 13.6. The van der Waals surface area contributed by atoms with Crippen molar-refractivity contribution >= 4 is 0 Å². The highest BCUT2D eigenvalue weighted by molar-refractivity contribution is 5.65. The number of rotatable bonds is 2. The molecule has 94 valence electrons. The average Bonchev–Trinajstić information content (AvgIpc) is 2.35. The first kappa shape index (κ1) is 12.7. The lowest BCUT2D eigenvalue weighted by Crippen LogP contribution is -1.95. The van der Waals surface area contributed by atoms with Crippen molar-refractivity contribution in [2.24, 2.45) is 0 Å². The van der Waals surface area contributed by atoms with Crippen LogP contribution in [0, 0.1) is 17.5 Å². The highest BCUT2D eigenvalue weighted by atomic mass is 19.2. The van der Waals surface area contributed by atoms with Crippen LogP contribution >= 0.6 is 0 Å². The molecule has 0 spiro atoms. The first-order valence-corrected chi connectivity index (χ1v) is 5.74. The Morgan fingerprint density at radius 2 is 1.33 bits per heavy atom. The zero-order chi connectivity index (χ0) is 13.3. The maximum Gasteiger partial charge on any atom is 0.169 e. The van der Waals surface area contributed by atoms with Crippen molar-refractivity contribution in [3.63, 3.8) is 0 Å². The molecule has 0 unspecified atom stereocenters. The molecule has 18 heavy (non-hydrogen) atoms. The fourth-order valence-corrected chi connectivity index (χ4v) is 1.83. The van der Waals surface area contributed by atoms with Gasteiger partial charge in [-0.2, -0.15) is 0 Å². The molecule has 0 aliphatic carbocycles. The minimum Gasteiger partial charge on any atom is -0.206 e. The zero-order valence-electron chi connectivity index (χ0n) is 10.2. The van der Waals surface area contributed by atoms with Crippen molar-refractivity contribution in [3.8, 4) is 11.1 Å². The summed E-state index contributed by atoms with van der Waals surface area (Å²) in [5.74, 6) is -2.61. The van der Waals surface area contributed by atoms with E-state index >= 15 is 0 Å². The van der Waals surface area contributed by atoms with Gasteiger partial charge in [-0.05, 0) is 29.2 Å². The van der Waals surface area contributed by atoms with Gasteiger partial charge < -0.3 is 0 Å². The summed E-state index contributed by atoms with van der Waals surface area (Å²) >= 11 is 0. The summed E-state index contributed by atoms with van der Waals surface area (Å²) in [6.45, 7) is 4.05. The molecule has 0 bridgehead atoms. The molecule has 3 heteroatoms. The van der Waals surface area contributed by atoms with Crippen LogP contribution in [0.1, 0.15) is 25.3 Å². The molecule has 0 aliphatic rings. The van der Waals surface area contributed by atoms with Crippen molar-refractivity contribution in [1.29, 1.82) is 0 Å². The van der Waals surface area contributed by atoms with E-state index in [0.717, 1.165) is 17.7 Å². The third-order valence-corrected chi connectivity index (χ3v) is 2.91. The molecule has 0 saturated heterocycles. The summed E-state index contributed by atoms with van der Waals surface area (Å²) in [5, 5.41) is 0. The number of halogens is 3. The largest absolute Gasteiger partial charge is 0.206 e. The van der Waals surface area contributed by atoms with Crippen LogP contribution in [-0.2, 0) is 0 Å². The lowest BCUT2D eigenvalue weighted by atomic mass is 9.98. The molecule has 2 aromatic rings. The minimum atomic E-state index is -1.15. The fraction of sp³-hybridized carbons (Fsp3) is 0.200. The average molecular weight is 250 g/mol. The van der Waals surface area contributed by atoms with Gasteiger partial charge in [0, 0.05) is 0 Å². The molecule has 0 atom stereocenters. The molecule has 2 aromatic carbocycles. The van der Waals surface area contributed by atoms with Gasteiger partial charge in [-0.15, -0.1) is 0 Å². The Hall–Kier alpha value is -1.77. The molecule has 0 heterocycles. The Labute approximate surface area is 104 Å². The summed E-state index contributed by atoms with van der Waals surface area (Å²) in [7, 11) is 0. The fourth-order valence-electron chi connectivity index (χ4n) is 1.83. The van der Waals surface area contributed by atoms with E-state index in [9.17, 15) is 13.2 Å². The van der Waals surface area contributed by atoms with Gasteiger partial charge in [0.2, 0.25) is 0 Å². The van der Waals surface area contributed by atoms with Gasteiger partial charge in [0.1, 0.15) is 5.82 Å². The predicted octanol–water partition coefficient (Wildman–Crippen LogP) is 4.89. The number of hydrogen-bond donors (Lipinski definition) is 0. The summed E-state index contributed by atoms with van der Waals surface area (Å²) in [6, 6.07) is 8.53. The third kappa shape index (κ3) is 2.26. The van der Waals surface area contributed by atoms with Gasteiger partial charge in [0.15, 0.2) is 11.6 Å². The molecule has 0 aliphatic heterocycles. The van der Waals surface area contributed by atoms with E-state index < -0.39 is 17.5 Å². The highest BCUT2D eigenvalue weighted by Crippen LogP contribution is 2.28. The third-order valence-electron chi connectivity index (χ3n) is 2.91. The van der Waals surface area contributed by atoms with Crippen LogP contribution in [0.15, 0.2) is 36.4 Å². The normalized spacial score (nSPS) is 11.0. The van der Waals surface area contributed by atoms with Crippen LogP contribution < -0.4 is 0 Å². The Morgan fingerprint density at radius 3 is 1.89 bits per heavy atom. The predicted molar refractivity (Wildman–Crippen MR) is 65.8 cm³/mol. The monoisotopic (exact) mass is 250 g/mol. The van der Waals surface area contributed by atoms with E-state index in [1.54, 1.807) is 24.3 Å². The molecule has 0 fully saturated rings. The Morgan fingerprint density at radius 1 is 0.778 bits per heavy atom. The second kappa shape index (κ2) is 4.84. The van der Waals surface area contributed by atoms with Crippen molar-refractivity contribution in [1.82, 2.24) is 0 Å². The Kier molecular flexibility index (Phi) is 3.41. The van der Waals surface area contributed by atoms with Gasteiger partial charge in [-0.1, -0.05) is 38.1 Å². The summed E-state index contributed by atoms with van der Waals surface area (Å²) in [4.78, 5) is 0. The smallest absolute Gasteiger partial charge is 0.169 e. The number of benzene rings is 2. The molecule has 0 N–H and O–H groups in total. The van der Waals surface area contributed by atoms with Crippen LogP contribution in [0.4, 0.5) is 13.2 Å². The van der Waals surface area contributed by atoms with E-state index in [0.29, 0.717) is 11.5 Å². The molecule has 0 nitrogen and oxygen atoms in total. The quantitative estimate of drug-likeness (QED) is 0.665. The van der Waals surface area contributed by atoms with Crippen LogP contribution in [0.2, 0.25) is 0 Å². The molecular formula is C15H13F3. The Balaban J connectivity index is 2.52. The van der Waals surface area contributed by atoms with E-state index in [1.807, 2.05) is 13.8 Å². The van der Waals surface area contributed by atoms with Gasteiger partial charge in [-0.3, -0.25) is 0 Å². The summed E-state index contributed by atoms with van der Waals surface area (Å²) in [6.07, 6.45) is 0. The minimum absolute atomic E-state index is 0.315. The lowest BCUT2D eigenvalue weighted by molar-refractivity contribution is 0.499. The second-order valence-electron chi connectivity index (χ2n) is 4.49. The lowest BCUT2D eigenvalue weighted by Gasteiger charge is -2.09. The van der Waals surface area contributed by atoms with E-state index in [4.69, 9.17) is 0 Å². The Bertz CT molecular complexity index is 557. The topological polar surface area (TPSA) is 0 Å². The van der Waals surface area contributed by atoms with Crippen molar-refractivity contribution in [3.05, 3.63) is 59.4 Å². The highest BCUT2D eigenvalue weighted by Gasteiger charge is 2.15. The van der Waals surface area contributed by atoms with Crippen molar-refractivity contribution in [2.75, 3.05) is 0 Å². The van der Waals surface area contributed by atoms with Gasteiger partial charge in [-0.25, -0.2) is 13.2 Å². The second-order valence-corrected chi connectivity index (χ2v) is 4.49. The van der Waals surface area contributed by atoms with E-state index in [-0.39, 0.29) is 5.56 Å². The first-order valence-electron chi connectivity index (χ1n) is 5.74. The summed E-state index contributed by atoms with van der Waals surface area (Å²) in [5.41, 5.74) is 1.09. The molecule has 0 amide bonds. The molecular weight excluding hydrogens is 237 g/mol. The van der Waals surface area contributed by atoms with E-state index in [2.05, 4.69) is 0 Å². The van der Waals surface area contributed by atoms with Crippen LogP contribution in [0.3, 0.4) is 0 Å². The molecule has 0 saturated carbocycles. The van der Waals surface area contributed by atoms with Crippen molar-refractivity contribution < 1.29 is 13.2 Å². The van der Waals surface area contributed by atoms with Gasteiger partial charge in [0.25, 0.3) is 0 Å². The molecule has 0 aromatic heterocycles. The summed E-state index contributed by atoms with van der Waals surface area (Å²) < 4.78 is 40.3. The van der Waals surface area contributed by atoms with Crippen LogP contribution in [0.5, 0.6) is 0 Å². The van der Waals surface area contributed by atoms with E-state index in [1.165, 1.54) is 0 Å². The van der Waals surface area contributed by atoms with Crippen LogP contribution in [0.25, 0.3) is 11.1 Å². The van der Waals surface area contributed by atoms with Crippen LogP contribution in [-0.4, -0.2) is 0 Å². The van der Waals surface area contributed by atoms with Gasteiger partial charge in [0.05, 0.1) is 5.56 Å². The van der Waals surface area contributed by atoms with Gasteiger partial charge >= 0.3 is 0 Å². The standard InChI is InChI=1S/C15H13F3/c1-9(2)10-3-5-11(6-4-10)14-12(16)7-8-13(17)15(14)18/h3-9H,1-2H3. The SMILES string of the molecule is CC(C)c1ccc(-c2c(F)ccc(F)c2F)cc1. The van der Waals surface area contributed by atoms with Crippen molar-refractivity contribution in [2.45, 2.75) is 19.8 Å². The zero-order valence-corrected chi connectivity index (χ0v) is 10.2. The maximum atomic E-state index is 13.6. The molecule has 2 rings (SSSR count). The number of hydrogen-bond acceptors (Lipinski definition) is 0. The molecule has 0 radical (unpaired) electrons. The first-order chi connectivity index (χ1) is 8.50.